The molecule has 1 unspecified atom stereocenters. The molecule has 0 aliphatic heterocycles. The van der Waals surface area contributed by atoms with E-state index >= 15 is 0 Å². The summed E-state index contributed by atoms with van der Waals surface area (Å²) in [5.74, 6) is 1.21. The summed E-state index contributed by atoms with van der Waals surface area (Å²) in [4.78, 5) is 24.9. The van der Waals surface area contributed by atoms with Crippen molar-refractivity contribution in [2.45, 2.75) is 37.8 Å². The molecule has 3 rings (SSSR count). The maximum absolute atomic E-state index is 12.4. The Morgan fingerprint density at radius 1 is 0.719 bits per heavy atom. The first-order chi connectivity index (χ1) is 15.6. The molecule has 2 amide bonds. The molecule has 32 heavy (non-hydrogen) atoms. The van der Waals surface area contributed by atoms with Gasteiger partial charge >= 0.3 is 0 Å². The largest absolute Gasteiger partial charge is 0.497 e. The van der Waals surface area contributed by atoms with Gasteiger partial charge < -0.3 is 20.1 Å². The molecule has 0 aromatic heterocycles. The Morgan fingerprint density at radius 3 is 1.44 bits per heavy atom. The predicted molar refractivity (Wildman–Crippen MR) is 126 cm³/mol. The van der Waals surface area contributed by atoms with Gasteiger partial charge in [0.25, 0.3) is 0 Å². The molecule has 0 saturated heterocycles. The standard InChI is InChI=1S/C26H30N2O4/c1-31-21-13-7-19(8-14-21)11-17-25(29)27-23-5-3-4-6-24(23)28-26(30)18-12-20-9-15-22(32-2)16-10-20/h7-18,23-24H,3-6H2,1-2H3,(H,27,29)(H,28,30)/t23-,24?/m0/s1. The van der Waals surface area contributed by atoms with Crippen LogP contribution in [0.4, 0.5) is 0 Å². The lowest BCUT2D eigenvalue weighted by Crippen LogP contribution is -2.52. The number of hydrogen-bond acceptors (Lipinski definition) is 4. The number of benzene rings is 2. The minimum atomic E-state index is -0.166. The van der Waals surface area contributed by atoms with Crippen molar-refractivity contribution in [3.8, 4) is 11.5 Å². The molecular weight excluding hydrogens is 404 g/mol. The van der Waals surface area contributed by atoms with Crippen LogP contribution in [-0.2, 0) is 9.59 Å². The molecule has 0 spiro atoms. The number of nitrogens with one attached hydrogen (secondary N) is 2. The highest BCUT2D eigenvalue weighted by Crippen LogP contribution is 2.19. The van der Waals surface area contributed by atoms with E-state index in [0.717, 1.165) is 48.3 Å². The molecule has 2 aromatic carbocycles. The fraction of sp³-hybridized carbons (Fsp3) is 0.308. The van der Waals surface area contributed by atoms with Gasteiger partial charge in [-0.3, -0.25) is 9.59 Å². The quantitative estimate of drug-likeness (QED) is 0.617. The maximum atomic E-state index is 12.4. The van der Waals surface area contributed by atoms with Crippen LogP contribution in [0.1, 0.15) is 36.8 Å². The topological polar surface area (TPSA) is 76.7 Å². The molecule has 1 aliphatic carbocycles. The van der Waals surface area contributed by atoms with Crippen molar-refractivity contribution in [1.82, 2.24) is 10.6 Å². The van der Waals surface area contributed by atoms with E-state index < -0.39 is 0 Å². The summed E-state index contributed by atoms with van der Waals surface area (Å²) < 4.78 is 10.3. The van der Waals surface area contributed by atoms with E-state index in [4.69, 9.17) is 9.47 Å². The first-order valence-corrected chi connectivity index (χ1v) is 10.8. The molecule has 6 heteroatoms. The number of methoxy groups -OCH3 is 2. The van der Waals surface area contributed by atoms with Crippen LogP contribution in [0.3, 0.4) is 0 Å². The van der Waals surface area contributed by atoms with Crippen LogP contribution >= 0.6 is 0 Å². The molecule has 1 aliphatic rings. The molecular formula is C26H30N2O4. The number of hydrogen-bond donors (Lipinski definition) is 2. The van der Waals surface area contributed by atoms with E-state index in [1.165, 1.54) is 12.2 Å². The molecule has 0 radical (unpaired) electrons. The Morgan fingerprint density at radius 2 is 1.09 bits per heavy atom. The second-order valence-corrected chi connectivity index (χ2v) is 7.73. The Labute approximate surface area is 189 Å². The first-order valence-electron chi connectivity index (χ1n) is 10.8. The third-order valence-corrected chi connectivity index (χ3v) is 5.51. The van der Waals surface area contributed by atoms with Crippen molar-refractivity contribution in [2.24, 2.45) is 0 Å². The summed E-state index contributed by atoms with van der Waals surface area (Å²) >= 11 is 0. The van der Waals surface area contributed by atoms with Crippen LogP contribution in [0.25, 0.3) is 12.2 Å². The van der Waals surface area contributed by atoms with Gasteiger partial charge in [-0.25, -0.2) is 0 Å². The molecule has 2 aromatic rings. The number of carbonyl (C=O) groups excluding carboxylic acids is 2. The van der Waals surface area contributed by atoms with Crippen molar-refractivity contribution in [3.05, 3.63) is 71.8 Å². The lowest BCUT2D eigenvalue weighted by Gasteiger charge is -2.32. The smallest absolute Gasteiger partial charge is 0.244 e. The van der Waals surface area contributed by atoms with E-state index in [1.54, 1.807) is 26.4 Å². The summed E-state index contributed by atoms with van der Waals surface area (Å²) in [6.07, 6.45) is 10.3. The van der Waals surface area contributed by atoms with E-state index in [-0.39, 0.29) is 23.9 Å². The summed E-state index contributed by atoms with van der Waals surface area (Å²) in [5, 5.41) is 6.10. The number of carbonyl (C=O) groups is 2. The van der Waals surface area contributed by atoms with Gasteiger partial charge in [-0.2, -0.15) is 0 Å². The second kappa shape index (κ2) is 11.7. The van der Waals surface area contributed by atoms with Gasteiger partial charge in [-0.15, -0.1) is 0 Å². The minimum absolute atomic E-state index is 0.0879. The summed E-state index contributed by atoms with van der Waals surface area (Å²) in [6, 6.07) is 14.8. The third kappa shape index (κ3) is 7.01. The summed E-state index contributed by atoms with van der Waals surface area (Å²) in [7, 11) is 3.24. The van der Waals surface area contributed by atoms with Crippen molar-refractivity contribution in [1.29, 1.82) is 0 Å². The zero-order valence-electron chi connectivity index (χ0n) is 18.5. The fourth-order valence-corrected chi connectivity index (χ4v) is 3.71. The van der Waals surface area contributed by atoms with Crippen LogP contribution in [0.15, 0.2) is 60.7 Å². The van der Waals surface area contributed by atoms with Crippen LogP contribution in [-0.4, -0.2) is 38.1 Å². The number of amides is 2. The summed E-state index contributed by atoms with van der Waals surface area (Å²) in [5.41, 5.74) is 1.83. The third-order valence-electron chi connectivity index (χ3n) is 5.51. The average Bonchev–Trinajstić information content (AvgIpc) is 2.83. The van der Waals surface area contributed by atoms with E-state index in [0.29, 0.717) is 0 Å². The highest BCUT2D eigenvalue weighted by atomic mass is 16.5. The fourth-order valence-electron chi connectivity index (χ4n) is 3.71. The second-order valence-electron chi connectivity index (χ2n) is 7.73. The van der Waals surface area contributed by atoms with Crippen molar-refractivity contribution in [3.63, 3.8) is 0 Å². The van der Waals surface area contributed by atoms with Gasteiger partial charge in [0.15, 0.2) is 0 Å². The average molecular weight is 435 g/mol. The van der Waals surface area contributed by atoms with Gasteiger partial charge in [0, 0.05) is 24.2 Å². The molecule has 1 fully saturated rings. The van der Waals surface area contributed by atoms with E-state index in [9.17, 15) is 9.59 Å². The molecule has 1 saturated carbocycles. The molecule has 6 nitrogen and oxygen atoms in total. The molecule has 2 N–H and O–H groups in total. The zero-order valence-corrected chi connectivity index (χ0v) is 18.5. The van der Waals surface area contributed by atoms with Gasteiger partial charge in [-0.1, -0.05) is 37.1 Å². The van der Waals surface area contributed by atoms with Crippen LogP contribution in [0.5, 0.6) is 11.5 Å². The lowest BCUT2D eigenvalue weighted by molar-refractivity contribution is -0.120. The van der Waals surface area contributed by atoms with E-state index in [2.05, 4.69) is 10.6 Å². The monoisotopic (exact) mass is 434 g/mol. The molecule has 168 valence electrons. The maximum Gasteiger partial charge on any atom is 0.244 e. The van der Waals surface area contributed by atoms with Gasteiger partial charge in [-0.05, 0) is 60.4 Å². The van der Waals surface area contributed by atoms with Crippen molar-refractivity contribution in [2.75, 3.05) is 14.2 Å². The lowest BCUT2D eigenvalue weighted by atomic mass is 9.90. The Balaban J connectivity index is 1.53. The Hall–Kier alpha value is -3.54. The van der Waals surface area contributed by atoms with Gasteiger partial charge in [0.05, 0.1) is 14.2 Å². The van der Waals surface area contributed by atoms with E-state index in [1.807, 2.05) is 48.5 Å². The highest BCUT2D eigenvalue weighted by molar-refractivity contribution is 5.93. The summed E-state index contributed by atoms with van der Waals surface area (Å²) in [6.45, 7) is 0. The zero-order chi connectivity index (χ0) is 22.8. The molecule has 2 atom stereocenters. The number of ether oxygens (including phenoxy) is 2. The van der Waals surface area contributed by atoms with Gasteiger partial charge in [0.1, 0.15) is 11.5 Å². The predicted octanol–water partition coefficient (Wildman–Crippen LogP) is 3.97. The van der Waals surface area contributed by atoms with Crippen molar-refractivity contribution < 1.29 is 19.1 Å². The van der Waals surface area contributed by atoms with Crippen LogP contribution in [0, 0.1) is 0 Å². The number of rotatable bonds is 8. The normalized spacial score (nSPS) is 18.4. The first kappa shape index (κ1) is 23.1. The minimum Gasteiger partial charge on any atom is -0.497 e. The molecule has 0 bridgehead atoms. The highest BCUT2D eigenvalue weighted by Gasteiger charge is 2.26. The van der Waals surface area contributed by atoms with Crippen LogP contribution < -0.4 is 20.1 Å². The van der Waals surface area contributed by atoms with Gasteiger partial charge in [0.2, 0.25) is 11.8 Å². The van der Waals surface area contributed by atoms with Crippen LogP contribution in [0.2, 0.25) is 0 Å². The van der Waals surface area contributed by atoms with Crippen molar-refractivity contribution >= 4 is 24.0 Å². The molecule has 0 heterocycles. The Bertz CT molecular complexity index is 869. The Kier molecular flexibility index (Phi) is 8.49. The SMILES string of the molecule is COc1ccc(C=CC(=O)NC2CCCC[C@@H]2NC(=O)C=Cc2ccc(OC)cc2)cc1.